The molecule has 1 atom stereocenters. The van der Waals surface area contributed by atoms with Gasteiger partial charge in [-0.15, -0.1) is 0 Å². The van der Waals surface area contributed by atoms with E-state index in [9.17, 15) is 9.59 Å². The molecule has 1 heterocycles. The minimum absolute atomic E-state index is 0.0127. The van der Waals surface area contributed by atoms with E-state index < -0.39 is 0 Å². The van der Waals surface area contributed by atoms with Crippen molar-refractivity contribution < 1.29 is 14.3 Å². The van der Waals surface area contributed by atoms with Crippen LogP contribution in [0.15, 0.2) is 24.3 Å². The first kappa shape index (κ1) is 11.6. The zero-order valence-corrected chi connectivity index (χ0v) is 9.73. The number of hydrogen-bond donors (Lipinski definition) is 1. The Morgan fingerprint density at radius 1 is 1.41 bits per heavy atom. The number of amides is 1. The molecule has 0 fully saturated rings. The molecule has 0 aromatic heterocycles. The second-order valence-corrected chi connectivity index (χ2v) is 4.13. The summed E-state index contributed by atoms with van der Waals surface area (Å²) >= 11 is 0. The number of carbonyl (C=O) groups is 2. The molecule has 1 aliphatic rings. The van der Waals surface area contributed by atoms with Crippen LogP contribution in [0.2, 0.25) is 0 Å². The summed E-state index contributed by atoms with van der Waals surface area (Å²) in [7, 11) is 0. The van der Waals surface area contributed by atoms with Crippen LogP contribution in [0.25, 0.3) is 0 Å². The molecule has 0 radical (unpaired) electrons. The van der Waals surface area contributed by atoms with Crippen LogP contribution in [0.4, 0.5) is 5.69 Å². The Morgan fingerprint density at radius 3 is 2.94 bits per heavy atom. The highest BCUT2D eigenvalue weighted by atomic mass is 16.5. The Balaban J connectivity index is 2.33. The van der Waals surface area contributed by atoms with Crippen LogP contribution in [-0.4, -0.2) is 11.9 Å². The lowest BCUT2D eigenvalue weighted by atomic mass is 9.99. The molecular weight excluding hydrogens is 218 g/mol. The van der Waals surface area contributed by atoms with Gasteiger partial charge in [-0.3, -0.25) is 9.59 Å². The van der Waals surface area contributed by atoms with Crippen molar-refractivity contribution in [2.24, 2.45) is 0 Å². The van der Waals surface area contributed by atoms with E-state index >= 15 is 0 Å². The molecule has 4 heteroatoms. The average molecular weight is 233 g/mol. The number of rotatable bonds is 1. The predicted octanol–water partition coefficient (Wildman–Crippen LogP) is 2.41. The molecular formula is C13H15NO3. The lowest BCUT2D eigenvalue weighted by molar-refractivity contribution is -0.147. The van der Waals surface area contributed by atoms with Crippen molar-refractivity contribution in [3.8, 4) is 0 Å². The number of nitrogens with one attached hydrogen (secondary N) is 1. The van der Waals surface area contributed by atoms with Gasteiger partial charge in [0.25, 0.3) is 0 Å². The summed E-state index contributed by atoms with van der Waals surface area (Å²) in [5.74, 6) is -0.282. The second kappa shape index (κ2) is 4.99. The molecule has 1 N–H and O–H groups in total. The summed E-state index contributed by atoms with van der Waals surface area (Å²) < 4.78 is 5.30. The van der Waals surface area contributed by atoms with E-state index in [0.717, 1.165) is 17.7 Å². The third-order valence-electron chi connectivity index (χ3n) is 2.76. The monoisotopic (exact) mass is 233 g/mol. The molecule has 0 aliphatic carbocycles. The van der Waals surface area contributed by atoms with Gasteiger partial charge in [-0.2, -0.15) is 0 Å². The molecule has 1 aliphatic heterocycles. The third kappa shape index (κ3) is 2.84. The maximum absolute atomic E-state index is 11.5. The molecule has 1 aromatic rings. The van der Waals surface area contributed by atoms with Gasteiger partial charge in [0.2, 0.25) is 5.91 Å². The van der Waals surface area contributed by atoms with Crippen LogP contribution < -0.4 is 5.32 Å². The van der Waals surface area contributed by atoms with Crippen LogP contribution >= 0.6 is 0 Å². The largest absolute Gasteiger partial charge is 0.458 e. The van der Waals surface area contributed by atoms with Gasteiger partial charge in [-0.05, 0) is 18.9 Å². The predicted molar refractivity (Wildman–Crippen MR) is 63.4 cm³/mol. The fourth-order valence-corrected chi connectivity index (χ4v) is 2.03. The molecule has 1 aromatic carbocycles. The normalized spacial score (nSPS) is 19.6. The van der Waals surface area contributed by atoms with Crippen LogP contribution in [0.1, 0.15) is 37.9 Å². The van der Waals surface area contributed by atoms with Crippen molar-refractivity contribution in [2.45, 2.75) is 32.3 Å². The molecule has 90 valence electrons. The van der Waals surface area contributed by atoms with Crippen LogP contribution in [-0.2, 0) is 14.3 Å². The third-order valence-corrected chi connectivity index (χ3v) is 2.76. The first-order valence-electron chi connectivity index (χ1n) is 5.73. The standard InChI is InChI=1S/C13H15NO3/c1-9(15)17-12-7-4-8-13(16)14-11-6-3-2-5-10(11)12/h2-3,5-6,12H,4,7-8H2,1H3,(H,14,16). The number of fused-ring (bicyclic) bond motifs is 1. The summed E-state index contributed by atoms with van der Waals surface area (Å²) in [6.07, 6.45) is 1.61. The maximum atomic E-state index is 11.5. The number of benzene rings is 1. The van der Waals surface area contributed by atoms with E-state index in [-0.39, 0.29) is 18.0 Å². The lowest BCUT2D eigenvalue weighted by Gasteiger charge is -2.23. The summed E-state index contributed by atoms with van der Waals surface area (Å²) in [5, 5.41) is 2.84. The van der Waals surface area contributed by atoms with Crippen LogP contribution in [0.5, 0.6) is 0 Å². The average Bonchev–Trinajstić information content (AvgIpc) is 2.26. The Bertz CT molecular complexity index is 442. The number of para-hydroxylation sites is 1. The Kier molecular flexibility index (Phi) is 3.42. The summed E-state index contributed by atoms with van der Waals surface area (Å²) in [5.41, 5.74) is 1.61. The molecule has 4 nitrogen and oxygen atoms in total. The second-order valence-electron chi connectivity index (χ2n) is 4.13. The highest BCUT2D eigenvalue weighted by molar-refractivity contribution is 5.91. The van der Waals surface area contributed by atoms with Gasteiger partial charge < -0.3 is 10.1 Å². The molecule has 1 unspecified atom stereocenters. The zero-order valence-electron chi connectivity index (χ0n) is 9.73. The smallest absolute Gasteiger partial charge is 0.303 e. The quantitative estimate of drug-likeness (QED) is 0.758. The molecule has 0 saturated heterocycles. The number of esters is 1. The SMILES string of the molecule is CC(=O)OC1CCCC(=O)Nc2ccccc21. The first-order valence-corrected chi connectivity index (χ1v) is 5.73. The van der Waals surface area contributed by atoms with E-state index in [4.69, 9.17) is 4.74 Å². The van der Waals surface area contributed by atoms with Crippen molar-refractivity contribution in [2.75, 3.05) is 5.32 Å². The number of ether oxygens (including phenoxy) is 1. The van der Waals surface area contributed by atoms with Crippen LogP contribution in [0.3, 0.4) is 0 Å². The van der Waals surface area contributed by atoms with Gasteiger partial charge in [0.05, 0.1) is 0 Å². The van der Waals surface area contributed by atoms with E-state index in [1.807, 2.05) is 24.3 Å². The van der Waals surface area contributed by atoms with Gasteiger partial charge >= 0.3 is 5.97 Å². The fourth-order valence-electron chi connectivity index (χ4n) is 2.03. The van der Waals surface area contributed by atoms with Gasteiger partial charge in [0.1, 0.15) is 6.10 Å². The van der Waals surface area contributed by atoms with Crippen molar-refractivity contribution in [3.63, 3.8) is 0 Å². The first-order chi connectivity index (χ1) is 8.16. The van der Waals surface area contributed by atoms with Gasteiger partial charge in [-0.25, -0.2) is 0 Å². The lowest BCUT2D eigenvalue weighted by Crippen LogP contribution is -2.19. The summed E-state index contributed by atoms with van der Waals surface area (Å²) in [6, 6.07) is 7.44. The molecule has 17 heavy (non-hydrogen) atoms. The van der Waals surface area contributed by atoms with Crippen LogP contribution in [0, 0.1) is 0 Å². The number of anilines is 1. The van der Waals surface area contributed by atoms with Crippen molar-refractivity contribution in [3.05, 3.63) is 29.8 Å². The maximum Gasteiger partial charge on any atom is 0.303 e. The minimum Gasteiger partial charge on any atom is -0.458 e. The minimum atomic E-state index is -0.295. The van der Waals surface area contributed by atoms with Gasteiger partial charge in [-0.1, -0.05) is 18.2 Å². The summed E-state index contributed by atoms with van der Waals surface area (Å²) in [4.78, 5) is 22.6. The Hall–Kier alpha value is -1.84. The summed E-state index contributed by atoms with van der Waals surface area (Å²) in [6.45, 7) is 1.40. The van der Waals surface area contributed by atoms with E-state index in [2.05, 4.69) is 5.32 Å². The highest BCUT2D eigenvalue weighted by Crippen LogP contribution is 2.31. The molecule has 0 bridgehead atoms. The topological polar surface area (TPSA) is 55.4 Å². The molecule has 2 rings (SSSR count). The van der Waals surface area contributed by atoms with E-state index in [1.54, 1.807) is 0 Å². The fraction of sp³-hybridized carbons (Fsp3) is 0.385. The van der Waals surface area contributed by atoms with Gasteiger partial charge in [0, 0.05) is 24.6 Å². The molecule has 1 amide bonds. The number of carbonyl (C=O) groups excluding carboxylic acids is 2. The highest BCUT2D eigenvalue weighted by Gasteiger charge is 2.21. The molecule has 0 spiro atoms. The zero-order chi connectivity index (χ0) is 12.3. The Labute approximate surface area is 100.0 Å². The Morgan fingerprint density at radius 2 is 2.18 bits per heavy atom. The van der Waals surface area contributed by atoms with Crippen molar-refractivity contribution >= 4 is 17.6 Å². The van der Waals surface area contributed by atoms with Crippen molar-refractivity contribution in [1.82, 2.24) is 0 Å². The number of hydrogen-bond acceptors (Lipinski definition) is 3. The van der Waals surface area contributed by atoms with Crippen molar-refractivity contribution in [1.29, 1.82) is 0 Å². The van der Waals surface area contributed by atoms with Gasteiger partial charge in [0.15, 0.2) is 0 Å². The van der Waals surface area contributed by atoms with E-state index in [1.165, 1.54) is 6.92 Å². The molecule has 0 saturated carbocycles. The van der Waals surface area contributed by atoms with E-state index in [0.29, 0.717) is 12.8 Å².